The molecule has 0 fully saturated rings. The Bertz CT molecular complexity index is 364. The number of aromatic nitrogens is 1. The number of hydrogen-bond donors (Lipinski definition) is 3. The number of amides is 1. The van der Waals surface area contributed by atoms with Gasteiger partial charge in [0.15, 0.2) is 0 Å². The lowest BCUT2D eigenvalue weighted by Gasteiger charge is -2.01. The predicted molar refractivity (Wildman–Crippen MR) is 42.5 cm³/mol. The highest BCUT2D eigenvalue weighted by molar-refractivity contribution is 5.73. The molecule has 0 saturated carbocycles. The van der Waals surface area contributed by atoms with Crippen LogP contribution >= 0.6 is 0 Å². The van der Waals surface area contributed by atoms with Crippen molar-refractivity contribution in [3.05, 3.63) is 23.5 Å². The summed E-state index contributed by atoms with van der Waals surface area (Å²) in [6, 6.07) is 3.18. The number of carbonyl (C=O) groups is 1. The summed E-state index contributed by atoms with van der Waals surface area (Å²) in [6.45, 7) is -0.233. The molecule has 1 heterocycles. The van der Waals surface area contributed by atoms with Crippen LogP contribution in [0, 0.1) is 11.3 Å². The quantitative estimate of drug-likeness (QED) is 0.601. The minimum absolute atomic E-state index is 0.131. The van der Waals surface area contributed by atoms with Gasteiger partial charge in [-0.1, -0.05) is 0 Å². The molecule has 1 rings (SSSR count). The van der Waals surface area contributed by atoms with Gasteiger partial charge in [0.1, 0.15) is 11.8 Å². The summed E-state index contributed by atoms with van der Waals surface area (Å²) in [4.78, 5) is 10.2. The van der Waals surface area contributed by atoms with Gasteiger partial charge in [-0.05, 0) is 11.6 Å². The van der Waals surface area contributed by atoms with Gasteiger partial charge in [-0.2, -0.15) is 5.26 Å². The lowest BCUT2D eigenvalue weighted by atomic mass is 10.3. The molecule has 68 valence electrons. The number of nitrogens with zero attached hydrogens (tertiary/aromatic N) is 2. The first-order valence-electron chi connectivity index (χ1n) is 3.39. The molecule has 0 radical (unpaired) electrons. The molecule has 0 aliphatic heterocycles. The van der Waals surface area contributed by atoms with Crippen molar-refractivity contribution in [2.75, 3.05) is 5.43 Å². The first kappa shape index (κ1) is 9.09. The molecule has 0 atom stereocenters. The van der Waals surface area contributed by atoms with E-state index in [0.717, 1.165) is 4.68 Å². The van der Waals surface area contributed by atoms with Crippen LogP contribution in [-0.4, -0.2) is 21.0 Å². The zero-order chi connectivity index (χ0) is 9.84. The van der Waals surface area contributed by atoms with Crippen LogP contribution in [0.25, 0.3) is 0 Å². The third kappa shape index (κ3) is 1.98. The monoisotopic (exact) mass is 181 g/mol. The Morgan fingerprint density at radius 2 is 2.46 bits per heavy atom. The fourth-order valence-electron chi connectivity index (χ4n) is 0.886. The van der Waals surface area contributed by atoms with E-state index in [0.29, 0.717) is 5.56 Å². The van der Waals surface area contributed by atoms with Crippen molar-refractivity contribution in [3.8, 4) is 6.07 Å². The van der Waals surface area contributed by atoms with Gasteiger partial charge in [0.25, 0.3) is 0 Å². The third-order valence-corrected chi connectivity index (χ3v) is 1.39. The van der Waals surface area contributed by atoms with E-state index < -0.39 is 6.09 Å². The molecule has 0 unspecified atom stereocenters. The zero-order valence-corrected chi connectivity index (χ0v) is 6.56. The van der Waals surface area contributed by atoms with E-state index in [1.807, 2.05) is 5.43 Å². The van der Waals surface area contributed by atoms with Crippen LogP contribution in [0.15, 0.2) is 12.3 Å². The van der Waals surface area contributed by atoms with Gasteiger partial charge in [-0.25, -0.2) is 14.9 Å². The number of hydrogen-bond acceptors (Lipinski definition) is 3. The molecule has 3 N–H and O–H groups in total. The number of aliphatic hydroxyl groups excluding tert-OH is 1. The molecule has 0 aliphatic rings. The molecule has 13 heavy (non-hydrogen) atoms. The van der Waals surface area contributed by atoms with Gasteiger partial charge in [-0.15, -0.1) is 0 Å². The van der Waals surface area contributed by atoms with Crippen LogP contribution < -0.4 is 5.43 Å². The molecule has 6 nitrogen and oxygen atoms in total. The fraction of sp³-hybridized carbons (Fsp3) is 0.143. The Kier molecular flexibility index (Phi) is 2.52. The van der Waals surface area contributed by atoms with Crippen LogP contribution in [0.5, 0.6) is 0 Å². The first-order chi connectivity index (χ1) is 6.17. The molecule has 0 aliphatic carbocycles. The number of carboxylic acid groups (broad SMARTS) is 1. The molecule has 0 bridgehead atoms. The maximum absolute atomic E-state index is 10.2. The van der Waals surface area contributed by atoms with Crippen molar-refractivity contribution in [3.63, 3.8) is 0 Å². The molecule has 1 aromatic heterocycles. The van der Waals surface area contributed by atoms with Crippen LogP contribution in [-0.2, 0) is 6.61 Å². The van der Waals surface area contributed by atoms with Crippen LogP contribution in [0.3, 0.4) is 0 Å². The maximum atomic E-state index is 10.2. The van der Waals surface area contributed by atoms with Crippen molar-refractivity contribution in [2.45, 2.75) is 6.61 Å². The average molecular weight is 181 g/mol. The lowest BCUT2D eigenvalue weighted by Crippen LogP contribution is -2.20. The minimum Gasteiger partial charge on any atom is -0.464 e. The van der Waals surface area contributed by atoms with Crippen LogP contribution in [0.4, 0.5) is 4.79 Å². The highest BCUT2D eigenvalue weighted by atomic mass is 16.4. The van der Waals surface area contributed by atoms with Gasteiger partial charge in [0, 0.05) is 6.20 Å². The smallest absolute Gasteiger partial charge is 0.423 e. The summed E-state index contributed by atoms with van der Waals surface area (Å²) >= 11 is 0. The van der Waals surface area contributed by atoms with Gasteiger partial charge in [0.2, 0.25) is 0 Å². The average Bonchev–Trinajstić information content (AvgIpc) is 2.46. The number of nitrogens with one attached hydrogen (secondary N) is 1. The molecule has 0 aromatic carbocycles. The first-order valence-corrected chi connectivity index (χ1v) is 3.39. The van der Waals surface area contributed by atoms with E-state index in [1.165, 1.54) is 12.3 Å². The second-order valence-electron chi connectivity index (χ2n) is 2.29. The van der Waals surface area contributed by atoms with Crippen molar-refractivity contribution in [2.24, 2.45) is 0 Å². The van der Waals surface area contributed by atoms with E-state index in [1.54, 1.807) is 6.07 Å². The molecule has 6 heteroatoms. The van der Waals surface area contributed by atoms with Crippen molar-refractivity contribution < 1.29 is 15.0 Å². The molecule has 0 saturated heterocycles. The fourth-order valence-corrected chi connectivity index (χ4v) is 0.886. The van der Waals surface area contributed by atoms with E-state index in [9.17, 15) is 4.79 Å². The zero-order valence-electron chi connectivity index (χ0n) is 6.56. The second kappa shape index (κ2) is 3.60. The Hall–Kier alpha value is -2.00. The van der Waals surface area contributed by atoms with Gasteiger partial charge in [-0.3, -0.25) is 0 Å². The number of rotatable bonds is 2. The Balaban J connectivity index is 2.98. The lowest BCUT2D eigenvalue weighted by molar-refractivity contribution is 0.206. The van der Waals surface area contributed by atoms with Gasteiger partial charge in [0.05, 0.1) is 6.61 Å². The normalized spacial score (nSPS) is 9.23. The second-order valence-corrected chi connectivity index (χ2v) is 2.29. The largest absolute Gasteiger partial charge is 0.464 e. The third-order valence-electron chi connectivity index (χ3n) is 1.39. The standard InChI is InChI=1S/C7H7N3O3/c8-2-6-1-5(4-11)3-10(6)9-7(12)13/h1,3,9,11H,4H2,(H,12,13). The summed E-state index contributed by atoms with van der Waals surface area (Å²) in [7, 11) is 0. The minimum atomic E-state index is -1.27. The Morgan fingerprint density at radius 1 is 1.77 bits per heavy atom. The summed E-state index contributed by atoms with van der Waals surface area (Å²) < 4.78 is 1.04. The molecular formula is C7H7N3O3. The molecule has 0 spiro atoms. The maximum Gasteiger partial charge on any atom is 0.423 e. The molecule has 1 aromatic rings. The Morgan fingerprint density at radius 3 is 2.92 bits per heavy atom. The summed E-state index contributed by atoms with van der Waals surface area (Å²) in [5, 5.41) is 25.6. The van der Waals surface area contributed by atoms with Crippen molar-refractivity contribution in [1.29, 1.82) is 5.26 Å². The van der Waals surface area contributed by atoms with E-state index in [4.69, 9.17) is 15.5 Å². The van der Waals surface area contributed by atoms with Crippen molar-refractivity contribution in [1.82, 2.24) is 4.68 Å². The van der Waals surface area contributed by atoms with E-state index in [2.05, 4.69) is 0 Å². The summed E-state index contributed by atoms with van der Waals surface area (Å²) in [5.41, 5.74) is 2.59. The number of nitriles is 1. The SMILES string of the molecule is N#Cc1cc(CO)cn1NC(=O)O. The van der Waals surface area contributed by atoms with Crippen molar-refractivity contribution >= 4 is 6.09 Å². The Labute approximate surface area is 73.6 Å². The van der Waals surface area contributed by atoms with Gasteiger partial charge >= 0.3 is 6.09 Å². The summed E-state index contributed by atoms with van der Waals surface area (Å²) in [6.07, 6.45) is 0.0729. The molecule has 1 amide bonds. The summed E-state index contributed by atoms with van der Waals surface area (Å²) in [5.74, 6) is 0. The van der Waals surface area contributed by atoms with E-state index >= 15 is 0 Å². The number of aliphatic hydroxyl groups is 1. The van der Waals surface area contributed by atoms with E-state index in [-0.39, 0.29) is 12.3 Å². The molecular weight excluding hydrogens is 174 g/mol. The highest BCUT2D eigenvalue weighted by Crippen LogP contribution is 2.05. The predicted octanol–water partition coefficient (Wildman–Crippen LogP) is 0.0736. The van der Waals surface area contributed by atoms with Gasteiger partial charge < -0.3 is 10.2 Å². The highest BCUT2D eigenvalue weighted by Gasteiger charge is 2.05. The van der Waals surface area contributed by atoms with Crippen LogP contribution in [0.1, 0.15) is 11.3 Å². The van der Waals surface area contributed by atoms with Crippen LogP contribution in [0.2, 0.25) is 0 Å². The topological polar surface area (TPSA) is 98.3 Å².